The van der Waals surface area contributed by atoms with E-state index in [0.29, 0.717) is 37.3 Å². The van der Waals surface area contributed by atoms with Gasteiger partial charge in [-0.3, -0.25) is 9.59 Å². The third-order valence-electron chi connectivity index (χ3n) is 5.68. The van der Waals surface area contributed by atoms with Crippen LogP contribution in [0.3, 0.4) is 0 Å². The molecule has 0 aromatic heterocycles. The van der Waals surface area contributed by atoms with Gasteiger partial charge in [-0.15, -0.1) is 0 Å². The number of likely N-dealkylation sites (tertiary alicyclic amines) is 1. The maximum atomic E-state index is 12.4. The molecule has 0 aromatic carbocycles. The average molecular weight is 371 g/mol. The molecule has 1 spiro atoms. The molecule has 142 valence electrons. The lowest BCUT2D eigenvalue weighted by atomic mass is 9.73. The first-order chi connectivity index (χ1) is 12.1. The van der Waals surface area contributed by atoms with Gasteiger partial charge in [-0.25, -0.2) is 0 Å². The van der Waals surface area contributed by atoms with Crippen LogP contribution in [0.2, 0.25) is 0 Å². The lowest BCUT2D eigenvalue weighted by molar-refractivity contribution is -0.136. The van der Waals surface area contributed by atoms with Crippen molar-refractivity contribution in [1.82, 2.24) is 10.2 Å². The largest absolute Gasteiger partial charge is 0.372 e. The Hall–Kier alpha value is -0.790. The van der Waals surface area contributed by atoms with E-state index in [1.807, 2.05) is 11.8 Å². The van der Waals surface area contributed by atoms with Crippen LogP contribution in [0.5, 0.6) is 0 Å². The van der Waals surface area contributed by atoms with Crippen molar-refractivity contribution in [1.29, 1.82) is 0 Å². The molecule has 3 saturated heterocycles. The molecule has 0 radical (unpaired) electrons. The van der Waals surface area contributed by atoms with Crippen LogP contribution in [0.1, 0.15) is 33.1 Å². The smallest absolute Gasteiger partial charge is 0.248 e. The summed E-state index contributed by atoms with van der Waals surface area (Å²) >= 11 is 1.64. The number of carbonyl (C=O) groups is 2. The summed E-state index contributed by atoms with van der Waals surface area (Å²) in [6, 6.07) is 0. The monoisotopic (exact) mass is 370 g/mol. The molecule has 3 rings (SSSR count). The van der Waals surface area contributed by atoms with E-state index in [2.05, 4.69) is 12.2 Å². The lowest BCUT2D eigenvalue weighted by Crippen LogP contribution is -2.42. The normalized spacial score (nSPS) is 32.9. The third kappa shape index (κ3) is 3.98. The summed E-state index contributed by atoms with van der Waals surface area (Å²) in [4.78, 5) is 26.2. The van der Waals surface area contributed by atoms with Gasteiger partial charge in [0.25, 0.3) is 0 Å². The van der Waals surface area contributed by atoms with Crippen LogP contribution in [-0.2, 0) is 19.1 Å². The van der Waals surface area contributed by atoms with Crippen LogP contribution < -0.4 is 5.32 Å². The zero-order valence-corrected chi connectivity index (χ0v) is 16.1. The molecule has 4 atom stereocenters. The van der Waals surface area contributed by atoms with Crippen molar-refractivity contribution in [2.75, 3.05) is 44.4 Å². The molecule has 7 heteroatoms. The Labute approximate surface area is 154 Å². The van der Waals surface area contributed by atoms with Crippen LogP contribution in [0.15, 0.2) is 0 Å². The van der Waals surface area contributed by atoms with Gasteiger partial charge in [-0.2, -0.15) is 11.8 Å². The topological polar surface area (TPSA) is 67.9 Å². The molecule has 25 heavy (non-hydrogen) atoms. The van der Waals surface area contributed by atoms with Crippen LogP contribution in [0, 0.1) is 11.8 Å². The number of hydrogen-bond donors (Lipinski definition) is 1. The zero-order valence-electron chi connectivity index (χ0n) is 15.3. The number of thioether (sulfide) groups is 1. The van der Waals surface area contributed by atoms with Crippen LogP contribution in [0.25, 0.3) is 0 Å². The molecule has 0 saturated carbocycles. The Morgan fingerprint density at radius 3 is 3.00 bits per heavy atom. The second-order valence-corrected chi connectivity index (χ2v) is 8.57. The third-order valence-corrected chi connectivity index (χ3v) is 6.56. The van der Waals surface area contributed by atoms with E-state index in [9.17, 15) is 9.59 Å². The average Bonchev–Trinajstić information content (AvgIpc) is 3.26. The van der Waals surface area contributed by atoms with Gasteiger partial charge in [0.2, 0.25) is 11.8 Å². The minimum atomic E-state index is -0.182. The minimum absolute atomic E-state index is 0.0615. The van der Waals surface area contributed by atoms with Crippen molar-refractivity contribution in [3.8, 4) is 0 Å². The zero-order chi connectivity index (χ0) is 17.9. The molecule has 0 aromatic rings. The van der Waals surface area contributed by atoms with Crippen LogP contribution in [-0.4, -0.2) is 72.8 Å². The number of hydrogen-bond acceptors (Lipinski definition) is 5. The highest BCUT2D eigenvalue weighted by Gasteiger charge is 2.63. The Balaban J connectivity index is 1.54. The van der Waals surface area contributed by atoms with E-state index in [4.69, 9.17) is 9.47 Å². The quantitative estimate of drug-likeness (QED) is 0.620. The molecule has 3 heterocycles. The fourth-order valence-corrected chi connectivity index (χ4v) is 5.02. The summed E-state index contributed by atoms with van der Waals surface area (Å²) in [7, 11) is 0. The number of amides is 2. The van der Waals surface area contributed by atoms with Crippen LogP contribution in [0.4, 0.5) is 0 Å². The Morgan fingerprint density at radius 2 is 2.24 bits per heavy atom. The molecule has 2 bridgehead atoms. The Kier molecular flexibility index (Phi) is 6.28. The van der Waals surface area contributed by atoms with Crippen molar-refractivity contribution in [3.63, 3.8) is 0 Å². The van der Waals surface area contributed by atoms with Crippen molar-refractivity contribution in [3.05, 3.63) is 0 Å². The van der Waals surface area contributed by atoms with Crippen molar-refractivity contribution >= 4 is 23.6 Å². The number of rotatable bonds is 9. The number of ether oxygens (including phenoxy) is 2. The molecule has 3 aliphatic rings. The minimum Gasteiger partial charge on any atom is -0.372 e. The maximum Gasteiger partial charge on any atom is 0.248 e. The van der Waals surface area contributed by atoms with Crippen LogP contribution >= 0.6 is 11.8 Å². The van der Waals surface area contributed by atoms with Crippen molar-refractivity contribution < 1.29 is 19.1 Å². The number of fused-ring (bicyclic) bond motifs is 1. The molecule has 3 aliphatic heterocycles. The first kappa shape index (κ1) is 19.0. The Morgan fingerprint density at radius 1 is 1.40 bits per heavy atom. The predicted molar refractivity (Wildman–Crippen MR) is 97.5 cm³/mol. The van der Waals surface area contributed by atoms with Gasteiger partial charge in [0.15, 0.2) is 0 Å². The molecular weight excluding hydrogens is 340 g/mol. The lowest BCUT2D eigenvalue weighted by Gasteiger charge is -2.29. The van der Waals surface area contributed by atoms with E-state index in [1.165, 1.54) is 0 Å². The molecule has 0 unspecified atom stereocenters. The summed E-state index contributed by atoms with van der Waals surface area (Å²) in [5.74, 6) is 2.28. The predicted octanol–water partition coefficient (Wildman–Crippen LogP) is 1.29. The molecule has 2 amide bonds. The Bertz CT molecular complexity index is 503. The number of nitrogens with one attached hydrogen (secondary N) is 1. The first-order valence-corrected chi connectivity index (χ1v) is 10.6. The summed E-state index contributed by atoms with van der Waals surface area (Å²) < 4.78 is 11.7. The van der Waals surface area contributed by atoms with E-state index < -0.39 is 0 Å². The van der Waals surface area contributed by atoms with Gasteiger partial charge in [0, 0.05) is 31.5 Å². The fraction of sp³-hybridized carbons (Fsp3) is 0.889. The van der Waals surface area contributed by atoms with E-state index in [1.54, 1.807) is 11.8 Å². The highest BCUT2D eigenvalue weighted by molar-refractivity contribution is 7.99. The van der Waals surface area contributed by atoms with Gasteiger partial charge in [0.05, 0.1) is 24.0 Å². The van der Waals surface area contributed by atoms with E-state index in [0.717, 1.165) is 31.6 Å². The summed E-state index contributed by atoms with van der Waals surface area (Å²) in [6.45, 7) is 6.95. The maximum absolute atomic E-state index is 12.4. The highest BCUT2D eigenvalue weighted by atomic mass is 32.2. The van der Waals surface area contributed by atoms with E-state index >= 15 is 0 Å². The van der Waals surface area contributed by atoms with Crippen molar-refractivity contribution in [2.24, 2.45) is 11.8 Å². The SMILES string of the molecule is CCCOCC(=O)N1C[C@@H]2[C@H](CNC(=O)CSCC)[C@H]3CC[C@]2(C1)O3. The van der Waals surface area contributed by atoms with Gasteiger partial charge < -0.3 is 19.7 Å². The van der Waals surface area contributed by atoms with E-state index in [-0.39, 0.29) is 30.1 Å². The molecule has 6 nitrogen and oxygen atoms in total. The van der Waals surface area contributed by atoms with Gasteiger partial charge >= 0.3 is 0 Å². The fourth-order valence-electron chi connectivity index (χ4n) is 4.53. The number of nitrogens with zero attached hydrogens (tertiary/aromatic N) is 1. The molecular formula is C18H30N2O4S. The molecule has 1 N–H and O–H groups in total. The molecule has 3 fully saturated rings. The molecule has 0 aliphatic carbocycles. The van der Waals surface area contributed by atoms with Gasteiger partial charge in [0.1, 0.15) is 6.61 Å². The van der Waals surface area contributed by atoms with Gasteiger partial charge in [-0.05, 0) is 25.0 Å². The summed E-state index contributed by atoms with van der Waals surface area (Å²) in [5, 5.41) is 3.07. The second-order valence-electron chi connectivity index (χ2n) is 7.30. The second kappa shape index (κ2) is 8.27. The summed E-state index contributed by atoms with van der Waals surface area (Å²) in [6.07, 6.45) is 3.22. The van der Waals surface area contributed by atoms with Crippen molar-refractivity contribution in [2.45, 2.75) is 44.8 Å². The standard InChI is InChI=1S/C18H30N2O4S/c1-3-7-23-10-17(22)20-9-14-13(8-19-16(21)11-25-4-2)15-5-6-18(14,12-20)24-15/h13-15H,3-12H2,1-2H3,(H,19,21)/t13-,14+,15+,18+/m0/s1. The first-order valence-electron chi connectivity index (χ1n) is 9.47. The highest BCUT2D eigenvalue weighted by Crippen LogP contribution is 2.54. The number of carbonyl (C=O) groups excluding carboxylic acids is 2. The van der Waals surface area contributed by atoms with Gasteiger partial charge in [-0.1, -0.05) is 13.8 Å². The summed E-state index contributed by atoms with van der Waals surface area (Å²) in [5.41, 5.74) is -0.182.